The van der Waals surface area contributed by atoms with Crippen LogP contribution in [-0.4, -0.2) is 18.0 Å². The summed E-state index contributed by atoms with van der Waals surface area (Å²) in [5, 5.41) is 6.44. The average Bonchev–Trinajstić information content (AvgIpc) is 2.69. The van der Waals surface area contributed by atoms with Gasteiger partial charge in [-0.25, -0.2) is 14.2 Å². The van der Waals surface area contributed by atoms with Gasteiger partial charge in [-0.2, -0.15) is 5.10 Å². The van der Waals surface area contributed by atoms with E-state index in [0.29, 0.717) is 10.0 Å². The van der Waals surface area contributed by atoms with E-state index in [1.165, 1.54) is 54.7 Å². The number of benzene rings is 3. The van der Waals surface area contributed by atoms with Crippen molar-refractivity contribution in [2.75, 3.05) is 5.32 Å². The van der Waals surface area contributed by atoms with E-state index >= 15 is 0 Å². The van der Waals surface area contributed by atoms with Crippen molar-refractivity contribution in [2.45, 2.75) is 0 Å². The fourth-order valence-electron chi connectivity index (χ4n) is 2.42. The van der Waals surface area contributed by atoms with Gasteiger partial charge in [-0.3, -0.25) is 9.59 Å². The summed E-state index contributed by atoms with van der Waals surface area (Å²) in [6, 6.07) is 15.5. The van der Waals surface area contributed by atoms with Crippen molar-refractivity contribution in [3.05, 3.63) is 99.5 Å². The number of rotatable bonds is 5. The molecule has 0 bridgehead atoms. The summed E-state index contributed by atoms with van der Waals surface area (Å²) >= 11 is 3.28. The molecule has 0 fully saturated rings. The Morgan fingerprint density at radius 3 is 2.38 bits per heavy atom. The maximum Gasteiger partial charge on any atom is 0.273 e. The zero-order valence-corrected chi connectivity index (χ0v) is 16.4. The lowest BCUT2D eigenvalue weighted by Crippen LogP contribution is -2.21. The van der Waals surface area contributed by atoms with E-state index in [1.54, 1.807) is 18.2 Å². The van der Waals surface area contributed by atoms with Gasteiger partial charge < -0.3 is 5.32 Å². The Hall–Kier alpha value is -3.39. The minimum absolute atomic E-state index is 0.159. The summed E-state index contributed by atoms with van der Waals surface area (Å²) < 4.78 is 26.8. The van der Waals surface area contributed by atoms with Crippen LogP contribution in [0.15, 0.2) is 76.3 Å². The lowest BCUT2D eigenvalue weighted by Gasteiger charge is -2.11. The predicted molar refractivity (Wildman–Crippen MR) is 110 cm³/mol. The van der Waals surface area contributed by atoms with Crippen LogP contribution in [0.3, 0.4) is 0 Å². The molecule has 8 heteroatoms. The maximum absolute atomic E-state index is 13.2. The lowest BCUT2D eigenvalue weighted by atomic mass is 10.1. The highest BCUT2D eigenvalue weighted by Gasteiger charge is 2.15. The number of nitrogens with one attached hydrogen (secondary N) is 2. The standard InChI is InChI=1S/C21H14BrF2N3O2/c22-15-6-9-19(26-20(28)14-4-7-16(23)8-5-14)18(11-15)21(29)27-25-12-13-2-1-3-17(24)10-13/h1-12H,(H,26,28)(H,27,29). The number of anilines is 1. The second kappa shape index (κ2) is 9.20. The molecule has 0 aromatic heterocycles. The summed E-state index contributed by atoms with van der Waals surface area (Å²) in [6.07, 6.45) is 1.30. The largest absolute Gasteiger partial charge is 0.321 e. The van der Waals surface area contributed by atoms with Crippen molar-refractivity contribution < 1.29 is 18.4 Å². The van der Waals surface area contributed by atoms with Gasteiger partial charge in [0.15, 0.2) is 0 Å². The third-order valence-corrected chi connectivity index (χ3v) is 4.30. The molecule has 3 aromatic carbocycles. The van der Waals surface area contributed by atoms with E-state index in [4.69, 9.17) is 0 Å². The van der Waals surface area contributed by atoms with Gasteiger partial charge in [-0.15, -0.1) is 0 Å². The van der Waals surface area contributed by atoms with Crippen molar-refractivity contribution in [1.29, 1.82) is 0 Å². The quantitative estimate of drug-likeness (QED) is 0.428. The molecule has 0 aliphatic heterocycles. The van der Waals surface area contributed by atoms with Gasteiger partial charge in [-0.1, -0.05) is 28.1 Å². The molecule has 0 saturated carbocycles. The number of hydrogen-bond donors (Lipinski definition) is 2. The van der Waals surface area contributed by atoms with Gasteiger partial charge >= 0.3 is 0 Å². The van der Waals surface area contributed by atoms with E-state index < -0.39 is 23.4 Å². The van der Waals surface area contributed by atoms with Gasteiger partial charge in [0.05, 0.1) is 17.5 Å². The molecule has 3 aromatic rings. The average molecular weight is 458 g/mol. The van der Waals surface area contributed by atoms with Gasteiger partial charge in [0.1, 0.15) is 11.6 Å². The molecule has 2 N–H and O–H groups in total. The van der Waals surface area contributed by atoms with Crippen molar-refractivity contribution in [3.63, 3.8) is 0 Å². The first-order chi connectivity index (χ1) is 13.9. The molecule has 5 nitrogen and oxygen atoms in total. The number of amides is 2. The minimum Gasteiger partial charge on any atom is -0.321 e. The molecule has 0 spiro atoms. The second-order valence-electron chi connectivity index (χ2n) is 5.91. The highest BCUT2D eigenvalue weighted by molar-refractivity contribution is 9.10. The van der Waals surface area contributed by atoms with Crippen molar-refractivity contribution in [2.24, 2.45) is 5.10 Å². The molecule has 0 atom stereocenters. The van der Waals surface area contributed by atoms with Crippen LogP contribution in [0.5, 0.6) is 0 Å². The normalized spacial score (nSPS) is 10.7. The summed E-state index contributed by atoms with van der Waals surface area (Å²) in [5.41, 5.74) is 3.47. The predicted octanol–water partition coefficient (Wildman–Crippen LogP) is 4.74. The monoisotopic (exact) mass is 457 g/mol. The van der Waals surface area contributed by atoms with E-state index in [-0.39, 0.29) is 16.8 Å². The lowest BCUT2D eigenvalue weighted by molar-refractivity contribution is 0.0956. The van der Waals surface area contributed by atoms with Gasteiger partial charge in [0.2, 0.25) is 0 Å². The van der Waals surface area contributed by atoms with Crippen LogP contribution in [-0.2, 0) is 0 Å². The Bertz CT molecular complexity index is 1090. The molecular formula is C21H14BrF2N3O2. The van der Waals surface area contributed by atoms with Crippen molar-refractivity contribution in [1.82, 2.24) is 5.43 Å². The van der Waals surface area contributed by atoms with Crippen LogP contribution < -0.4 is 10.7 Å². The molecule has 146 valence electrons. The first-order valence-corrected chi connectivity index (χ1v) is 9.17. The maximum atomic E-state index is 13.2. The van der Waals surface area contributed by atoms with Crippen molar-refractivity contribution in [3.8, 4) is 0 Å². The Labute approximate surface area is 173 Å². The number of carbonyl (C=O) groups is 2. The molecule has 2 amide bonds. The van der Waals surface area contributed by atoms with Gasteiger partial charge in [0.25, 0.3) is 11.8 Å². The summed E-state index contributed by atoms with van der Waals surface area (Å²) in [7, 11) is 0. The van der Waals surface area contributed by atoms with Gasteiger partial charge in [0, 0.05) is 10.0 Å². The SMILES string of the molecule is O=C(Nc1ccc(Br)cc1C(=O)NN=Cc1cccc(F)c1)c1ccc(F)cc1. The fourth-order valence-corrected chi connectivity index (χ4v) is 2.78. The summed E-state index contributed by atoms with van der Waals surface area (Å²) in [6.45, 7) is 0. The Balaban J connectivity index is 1.76. The first kappa shape index (κ1) is 20.3. The number of hydrogen-bond acceptors (Lipinski definition) is 3. The third kappa shape index (κ3) is 5.55. The zero-order valence-electron chi connectivity index (χ0n) is 14.8. The molecular weight excluding hydrogens is 444 g/mol. The van der Waals surface area contributed by atoms with Crippen LogP contribution in [0, 0.1) is 11.6 Å². The first-order valence-electron chi connectivity index (χ1n) is 8.38. The highest BCUT2D eigenvalue weighted by atomic mass is 79.9. The van der Waals surface area contributed by atoms with Crippen LogP contribution in [0.4, 0.5) is 14.5 Å². The van der Waals surface area contributed by atoms with Crippen LogP contribution in [0.2, 0.25) is 0 Å². The second-order valence-corrected chi connectivity index (χ2v) is 6.82. The number of hydrazone groups is 1. The van der Waals surface area contributed by atoms with Crippen LogP contribution in [0.1, 0.15) is 26.3 Å². The van der Waals surface area contributed by atoms with E-state index in [2.05, 4.69) is 31.8 Å². The highest BCUT2D eigenvalue weighted by Crippen LogP contribution is 2.22. The summed E-state index contributed by atoms with van der Waals surface area (Å²) in [5.74, 6) is -1.95. The van der Waals surface area contributed by atoms with Crippen LogP contribution >= 0.6 is 15.9 Å². The zero-order chi connectivity index (χ0) is 20.8. The van der Waals surface area contributed by atoms with Crippen molar-refractivity contribution >= 4 is 39.6 Å². The molecule has 3 rings (SSSR count). The van der Waals surface area contributed by atoms with Crippen LogP contribution in [0.25, 0.3) is 0 Å². The summed E-state index contributed by atoms with van der Waals surface area (Å²) in [4.78, 5) is 24.9. The molecule has 29 heavy (non-hydrogen) atoms. The molecule has 0 heterocycles. The number of nitrogens with zero attached hydrogens (tertiary/aromatic N) is 1. The molecule has 0 radical (unpaired) electrons. The van der Waals surface area contributed by atoms with E-state index in [1.807, 2.05) is 0 Å². The molecule has 0 unspecified atom stereocenters. The molecule has 0 saturated heterocycles. The fraction of sp³-hybridized carbons (Fsp3) is 0. The third-order valence-electron chi connectivity index (χ3n) is 3.81. The Kier molecular flexibility index (Phi) is 6.46. The number of carbonyl (C=O) groups excluding carboxylic acids is 2. The Morgan fingerprint density at radius 1 is 0.897 bits per heavy atom. The Morgan fingerprint density at radius 2 is 1.66 bits per heavy atom. The molecule has 0 aliphatic rings. The topological polar surface area (TPSA) is 70.6 Å². The van der Waals surface area contributed by atoms with Gasteiger partial charge in [-0.05, 0) is 60.2 Å². The smallest absolute Gasteiger partial charge is 0.273 e. The van der Waals surface area contributed by atoms with E-state index in [9.17, 15) is 18.4 Å². The molecule has 0 aliphatic carbocycles. The number of halogens is 3. The minimum atomic E-state index is -0.576. The van der Waals surface area contributed by atoms with E-state index in [0.717, 1.165) is 0 Å².